The summed E-state index contributed by atoms with van der Waals surface area (Å²) in [5.74, 6) is -0.0893. The Morgan fingerprint density at radius 1 is 0.966 bits per heavy atom. The highest BCUT2D eigenvalue weighted by Crippen LogP contribution is 2.30. The molecular weight excluding hydrogens is 388 g/mol. The van der Waals surface area contributed by atoms with E-state index in [1.54, 1.807) is 17.0 Å². The molecular formula is C22H24N2O4S. The van der Waals surface area contributed by atoms with E-state index in [4.69, 9.17) is 0 Å². The van der Waals surface area contributed by atoms with Crippen molar-refractivity contribution in [2.24, 2.45) is 5.92 Å². The van der Waals surface area contributed by atoms with Crippen LogP contribution < -0.4 is 0 Å². The Bertz CT molecular complexity index is 1010. The topological polar surface area (TPSA) is 74.8 Å². The number of piperidine rings is 1. The van der Waals surface area contributed by atoms with Crippen molar-refractivity contribution in [3.8, 4) is 0 Å². The van der Waals surface area contributed by atoms with Crippen molar-refractivity contribution in [3.63, 3.8) is 0 Å². The number of rotatable bonds is 5. The monoisotopic (exact) mass is 412 g/mol. The van der Waals surface area contributed by atoms with E-state index in [1.807, 2.05) is 18.2 Å². The van der Waals surface area contributed by atoms with Crippen molar-refractivity contribution < 1.29 is 18.0 Å². The first-order valence-electron chi connectivity index (χ1n) is 9.94. The third-order valence-electron chi connectivity index (χ3n) is 5.78. The Kier molecular flexibility index (Phi) is 5.41. The first-order chi connectivity index (χ1) is 14.0. The molecule has 2 aromatic rings. The van der Waals surface area contributed by atoms with Gasteiger partial charge in [-0.25, -0.2) is 12.7 Å². The number of likely N-dealkylation sites (tertiary alicyclic amines) is 1. The molecule has 152 valence electrons. The standard InChI is InChI=1S/C22H24N2O4S/c25-21(23-13-10-18(11-14-23)16-17-6-2-1-3-7-17)12-15-24-22(26)19-8-4-5-9-20(19)29(24,27)28/h1-9,18H,10-16H2. The summed E-state index contributed by atoms with van der Waals surface area (Å²) in [5.41, 5.74) is 1.50. The first-order valence-corrected chi connectivity index (χ1v) is 11.4. The Morgan fingerprint density at radius 2 is 1.62 bits per heavy atom. The maximum absolute atomic E-state index is 12.6. The Hall–Kier alpha value is -2.67. The number of fused-ring (bicyclic) bond motifs is 1. The maximum atomic E-state index is 12.6. The summed E-state index contributed by atoms with van der Waals surface area (Å²) >= 11 is 0. The van der Waals surface area contributed by atoms with Gasteiger partial charge in [-0.15, -0.1) is 0 Å². The van der Waals surface area contributed by atoms with E-state index in [1.165, 1.54) is 17.7 Å². The highest BCUT2D eigenvalue weighted by atomic mass is 32.2. The van der Waals surface area contributed by atoms with Crippen molar-refractivity contribution in [2.45, 2.75) is 30.6 Å². The van der Waals surface area contributed by atoms with Crippen molar-refractivity contribution in [3.05, 3.63) is 65.7 Å². The largest absolute Gasteiger partial charge is 0.343 e. The maximum Gasteiger partial charge on any atom is 0.269 e. The van der Waals surface area contributed by atoms with E-state index in [9.17, 15) is 18.0 Å². The summed E-state index contributed by atoms with van der Waals surface area (Å²) in [6.07, 6.45) is 2.91. The van der Waals surface area contributed by atoms with Crippen LogP contribution in [0.25, 0.3) is 0 Å². The van der Waals surface area contributed by atoms with Crippen LogP contribution in [-0.2, 0) is 21.2 Å². The normalized spacial score (nSPS) is 18.7. The summed E-state index contributed by atoms with van der Waals surface area (Å²) in [5, 5.41) is 0. The number of hydrogen-bond acceptors (Lipinski definition) is 4. The zero-order chi connectivity index (χ0) is 20.4. The molecule has 0 bridgehead atoms. The van der Waals surface area contributed by atoms with Crippen LogP contribution in [0.5, 0.6) is 0 Å². The molecule has 2 aliphatic rings. The van der Waals surface area contributed by atoms with E-state index in [0.717, 1.165) is 23.6 Å². The number of sulfonamides is 1. The van der Waals surface area contributed by atoms with Crippen LogP contribution in [0.3, 0.4) is 0 Å². The van der Waals surface area contributed by atoms with E-state index in [-0.39, 0.29) is 29.3 Å². The molecule has 2 aromatic carbocycles. The van der Waals surface area contributed by atoms with Crippen molar-refractivity contribution in [2.75, 3.05) is 19.6 Å². The average molecular weight is 413 g/mol. The molecule has 0 N–H and O–H groups in total. The summed E-state index contributed by atoms with van der Waals surface area (Å²) in [6.45, 7) is 1.24. The zero-order valence-electron chi connectivity index (χ0n) is 16.2. The molecule has 0 atom stereocenters. The van der Waals surface area contributed by atoms with Gasteiger partial charge in [0.25, 0.3) is 15.9 Å². The van der Waals surface area contributed by atoms with E-state index >= 15 is 0 Å². The minimum Gasteiger partial charge on any atom is -0.343 e. The fraction of sp³-hybridized carbons (Fsp3) is 0.364. The zero-order valence-corrected chi connectivity index (χ0v) is 17.0. The second kappa shape index (κ2) is 7.99. The SMILES string of the molecule is O=C(CCN1C(=O)c2ccccc2S1(=O)=O)N1CCC(Cc2ccccc2)CC1. The third kappa shape index (κ3) is 3.92. The number of hydrogen-bond donors (Lipinski definition) is 0. The number of benzene rings is 2. The van der Waals surface area contributed by atoms with Crippen LogP contribution in [0.2, 0.25) is 0 Å². The lowest BCUT2D eigenvalue weighted by atomic mass is 9.90. The summed E-state index contributed by atoms with van der Waals surface area (Å²) in [7, 11) is -3.85. The summed E-state index contributed by atoms with van der Waals surface area (Å²) in [6, 6.07) is 16.5. The molecule has 1 fully saturated rings. The lowest BCUT2D eigenvalue weighted by Gasteiger charge is -2.32. The van der Waals surface area contributed by atoms with Crippen LogP contribution in [0, 0.1) is 5.92 Å². The summed E-state index contributed by atoms with van der Waals surface area (Å²) < 4.78 is 26.0. The van der Waals surface area contributed by atoms with Gasteiger partial charge in [0.2, 0.25) is 5.91 Å². The molecule has 0 aliphatic carbocycles. The Labute approximate surface area is 171 Å². The minimum atomic E-state index is -3.85. The molecule has 0 saturated carbocycles. The van der Waals surface area contributed by atoms with Gasteiger partial charge in [-0.2, -0.15) is 0 Å². The van der Waals surface area contributed by atoms with Gasteiger partial charge in [0, 0.05) is 26.1 Å². The van der Waals surface area contributed by atoms with Crippen LogP contribution >= 0.6 is 0 Å². The minimum absolute atomic E-state index is 0.0162. The van der Waals surface area contributed by atoms with E-state index < -0.39 is 15.9 Å². The van der Waals surface area contributed by atoms with Crippen LogP contribution in [-0.4, -0.2) is 49.1 Å². The van der Waals surface area contributed by atoms with Gasteiger partial charge >= 0.3 is 0 Å². The molecule has 6 nitrogen and oxygen atoms in total. The molecule has 7 heteroatoms. The highest BCUT2D eigenvalue weighted by Gasteiger charge is 2.41. The number of carbonyl (C=O) groups excluding carboxylic acids is 2. The first kappa shape index (κ1) is 19.6. The van der Waals surface area contributed by atoms with E-state index in [2.05, 4.69) is 12.1 Å². The smallest absolute Gasteiger partial charge is 0.269 e. The third-order valence-corrected chi connectivity index (χ3v) is 7.62. The van der Waals surface area contributed by atoms with E-state index in [0.29, 0.717) is 19.0 Å². The molecule has 29 heavy (non-hydrogen) atoms. The van der Waals surface area contributed by atoms with Crippen molar-refractivity contribution in [1.82, 2.24) is 9.21 Å². The van der Waals surface area contributed by atoms with Crippen LogP contribution in [0.1, 0.15) is 35.2 Å². The van der Waals surface area contributed by atoms with Crippen molar-refractivity contribution in [1.29, 1.82) is 0 Å². The molecule has 0 radical (unpaired) electrons. The number of nitrogens with zero attached hydrogens (tertiary/aromatic N) is 2. The van der Waals surface area contributed by atoms with Crippen molar-refractivity contribution >= 4 is 21.8 Å². The molecule has 4 rings (SSSR count). The fourth-order valence-electron chi connectivity index (χ4n) is 4.14. The molecule has 0 spiro atoms. The molecule has 1 saturated heterocycles. The van der Waals surface area contributed by atoms with Gasteiger partial charge < -0.3 is 4.90 Å². The van der Waals surface area contributed by atoms with Gasteiger partial charge in [-0.05, 0) is 42.9 Å². The molecule has 2 amide bonds. The molecule has 0 unspecified atom stereocenters. The number of amides is 2. The average Bonchev–Trinajstić information content (AvgIpc) is 2.93. The van der Waals surface area contributed by atoms with Gasteiger partial charge in [0.15, 0.2) is 0 Å². The quantitative estimate of drug-likeness (QED) is 0.757. The molecule has 2 heterocycles. The fourth-order valence-corrected chi connectivity index (χ4v) is 5.71. The predicted molar refractivity (Wildman–Crippen MR) is 109 cm³/mol. The van der Waals surface area contributed by atoms with Crippen LogP contribution in [0.4, 0.5) is 0 Å². The predicted octanol–water partition coefficient (Wildman–Crippen LogP) is 2.70. The second-order valence-electron chi connectivity index (χ2n) is 7.64. The lowest BCUT2D eigenvalue weighted by molar-refractivity contribution is -0.132. The molecule has 0 aromatic heterocycles. The Morgan fingerprint density at radius 3 is 2.31 bits per heavy atom. The molecule has 2 aliphatic heterocycles. The van der Waals surface area contributed by atoms with Gasteiger partial charge in [0.1, 0.15) is 4.90 Å². The Balaban J connectivity index is 1.30. The van der Waals surface area contributed by atoms with Crippen LogP contribution in [0.15, 0.2) is 59.5 Å². The second-order valence-corrected chi connectivity index (χ2v) is 9.47. The van der Waals surface area contributed by atoms with Gasteiger partial charge in [0.05, 0.1) is 5.56 Å². The lowest BCUT2D eigenvalue weighted by Crippen LogP contribution is -2.41. The highest BCUT2D eigenvalue weighted by molar-refractivity contribution is 7.90. The number of carbonyl (C=O) groups is 2. The summed E-state index contributed by atoms with van der Waals surface area (Å²) in [4.78, 5) is 26.9. The van der Waals surface area contributed by atoms with Gasteiger partial charge in [-0.3, -0.25) is 9.59 Å². The van der Waals surface area contributed by atoms with Gasteiger partial charge in [-0.1, -0.05) is 42.5 Å².